The number of aromatic nitrogens is 2. The lowest BCUT2D eigenvalue weighted by atomic mass is 10.1. The Morgan fingerprint density at radius 3 is 2.38 bits per heavy atom. The number of hydrogen-bond acceptors (Lipinski definition) is 3. The maximum absolute atomic E-state index is 4.17. The minimum Gasteiger partial charge on any atom is -0.244 e. The summed E-state index contributed by atoms with van der Waals surface area (Å²) in [6.07, 6.45) is 9.06. The van der Waals surface area contributed by atoms with Crippen molar-refractivity contribution in [1.29, 1.82) is 0 Å². The van der Waals surface area contributed by atoms with Crippen molar-refractivity contribution in [3.05, 3.63) is 41.3 Å². The Kier molecular flexibility index (Phi) is 3.71. The Hall–Kier alpha value is -1.09. The van der Waals surface area contributed by atoms with Gasteiger partial charge in [-0.1, -0.05) is 12.2 Å². The van der Waals surface area contributed by atoms with Gasteiger partial charge in [0, 0.05) is 18.0 Å². The van der Waals surface area contributed by atoms with E-state index in [4.69, 9.17) is 0 Å². The molecule has 0 saturated carbocycles. The summed E-state index contributed by atoms with van der Waals surface area (Å²) in [4.78, 5) is 8.86. The van der Waals surface area contributed by atoms with E-state index in [-0.39, 0.29) is 0 Å². The first-order valence-electron chi connectivity index (χ1n) is 3.99. The van der Waals surface area contributed by atoms with Crippen LogP contribution >= 0.6 is 12.6 Å². The lowest BCUT2D eigenvalue weighted by Crippen LogP contribution is -1.82. The van der Waals surface area contributed by atoms with Crippen LogP contribution in [0.3, 0.4) is 0 Å². The molecular formula is C10H12N2S. The molecule has 0 spiro atoms. The summed E-state index contributed by atoms with van der Waals surface area (Å²) in [5.41, 5.74) is 2.17. The quantitative estimate of drug-likeness (QED) is 0.576. The van der Waals surface area contributed by atoms with Crippen molar-refractivity contribution in [2.45, 2.75) is 13.8 Å². The summed E-state index contributed by atoms with van der Waals surface area (Å²) in [6.45, 7) is 3.96. The minimum absolute atomic E-state index is 0.983. The Morgan fingerprint density at radius 2 is 1.85 bits per heavy atom. The van der Waals surface area contributed by atoms with E-state index >= 15 is 0 Å². The van der Waals surface area contributed by atoms with Gasteiger partial charge in [0.1, 0.15) is 6.33 Å². The smallest absolute Gasteiger partial charge is 0.115 e. The third-order valence-corrected chi connectivity index (χ3v) is 1.74. The first-order valence-corrected chi connectivity index (χ1v) is 4.44. The first-order chi connectivity index (χ1) is 6.20. The lowest BCUT2D eigenvalue weighted by molar-refractivity contribution is 1.15. The van der Waals surface area contributed by atoms with E-state index in [0.717, 1.165) is 16.0 Å². The number of hydrogen-bond donors (Lipinski definition) is 1. The van der Waals surface area contributed by atoms with Crippen LogP contribution in [0, 0.1) is 0 Å². The molecular weight excluding hydrogens is 180 g/mol. The van der Waals surface area contributed by atoms with Crippen molar-refractivity contribution in [3.8, 4) is 0 Å². The average molecular weight is 192 g/mol. The molecule has 0 atom stereocenters. The van der Waals surface area contributed by atoms with E-state index in [1.165, 1.54) is 6.33 Å². The summed E-state index contributed by atoms with van der Waals surface area (Å²) < 4.78 is 0. The Bertz CT molecular complexity index is 324. The fourth-order valence-corrected chi connectivity index (χ4v) is 0.919. The molecule has 0 aliphatic heterocycles. The topological polar surface area (TPSA) is 25.8 Å². The number of rotatable bonds is 2. The molecule has 0 aromatic carbocycles. The van der Waals surface area contributed by atoms with E-state index in [9.17, 15) is 0 Å². The van der Waals surface area contributed by atoms with Crippen LogP contribution in [0.15, 0.2) is 35.8 Å². The van der Waals surface area contributed by atoms with Crippen LogP contribution in [0.25, 0.3) is 5.57 Å². The minimum atomic E-state index is 0.983. The van der Waals surface area contributed by atoms with Crippen molar-refractivity contribution in [2.75, 3.05) is 0 Å². The molecule has 0 aliphatic carbocycles. The molecule has 0 saturated heterocycles. The van der Waals surface area contributed by atoms with Gasteiger partial charge in [-0.15, -0.1) is 12.6 Å². The zero-order valence-electron chi connectivity index (χ0n) is 7.73. The van der Waals surface area contributed by atoms with Gasteiger partial charge in [0.15, 0.2) is 0 Å². The third-order valence-electron chi connectivity index (χ3n) is 1.59. The molecule has 68 valence electrons. The highest BCUT2D eigenvalue weighted by Crippen LogP contribution is 2.11. The summed E-state index contributed by atoms with van der Waals surface area (Å²) in [6, 6.07) is 0. The lowest BCUT2D eigenvalue weighted by Gasteiger charge is -1.97. The van der Waals surface area contributed by atoms with Crippen LogP contribution in [0.5, 0.6) is 0 Å². The highest BCUT2D eigenvalue weighted by atomic mass is 32.1. The Labute approximate surface area is 83.8 Å². The standard InChI is InChI=1S/C10H12N2S/c1-8(3-4-9(2)13)10-5-11-7-12-6-10/h3-7,13H,1-2H3/b8-3+,9-4-. The highest BCUT2D eigenvalue weighted by molar-refractivity contribution is 7.84. The summed E-state index contributed by atoms with van der Waals surface area (Å²) >= 11 is 4.17. The second-order valence-electron chi connectivity index (χ2n) is 2.78. The SMILES string of the molecule is C/C(S)=C/C=C(\C)c1cncnc1. The van der Waals surface area contributed by atoms with Crippen molar-refractivity contribution < 1.29 is 0 Å². The van der Waals surface area contributed by atoms with Gasteiger partial charge in [0.2, 0.25) is 0 Å². The maximum Gasteiger partial charge on any atom is 0.115 e. The second kappa shape index (κ2) is 4.82. The molecule has 2 nitrogen and oxygen atoms in total. The molecule has 0 amide bonds. The predicted octanol–water partition coefficient (Wildman–Crippen LogP) is 2.71. The largest absolute Gasteiger partial charge is 0.244 e. The fraction of sp³-hybridized carbons (Fsp3) is 0.200. The molecule has 0 bridgehead atoms. The van der Waals surface area contributed by atoms with E-state index in [2.05, 4.69) is 22.6 Å². The highest BCUT2D eigenvalue weighted by Gasteiger charge is 1.92. The molecule has 1 aromatic heterocycles. The van der Waals surface area contributed by atoms with E-state index in [1.807, 2.05) is 26.0 Å². The molecule has 0 fully saturated rings. The van der Waals surface area contributed by atoms with Crippen molar-refractivity contribution >= 4 is 18.2 Å². The van der Waals surface area contributed by atoms with Gasteiger partial charge in [-0.25, -0.2) is 9.97 Å². The van der Waals surface area contributed by atoms with Crippen LogP contribution < -0.4 is 0 Å². The Morgan fingerprint density at radius 1 is 1.23 bits per heavy atom. The van der Waals surface area contributed by atoms with Crippen molar-refractivity contribution in [1.82, 2.24) is 9.97 Å². The number of thiol groups is 1. The predicted molar refractivity (Wildman–Crippen MR) is 58.4 cm³/mol. The normalized spacial score (nSPS) is 13.2. The van der Waals surface area contributed by atoms with Crippen LogP contribution in [0.4, 0.5) is 0 Å². The maximum atomic E-state index is 4.17. The van der Waals surface area contributed by atoms with Crippen LogP contribution in [0.2, 0.25) is 0 Å². The molecule has 0 aliphatic rings. The van der Waals surface area contributed by atoms with Crippen LogP contribution in [-0.4, -0.2) is 9.97 Å². The zero-order valence-corrected chi connectivity index (χ0v) is 8.62. The molecule has 0 radical (unpaired) electrons. The first kappa shape index (κ1) is 9.99. The fourth-order valence-electron chi connectivity index (χ4n) is 0.845. The summed E-state index contributed by atoms with van der Waals surface area (Å²) in [5, 5.41) is 0. The number of nitrogens with zero attached hydrogens (tertiary/aromatic N) is 2. The summed E-state index contributed by atoms with van der Waals surface area (Å²) in [5.74, 6) is 0. The number of allylic oxidation sites excluding steroid dienone is 4. The monoisotopic (exact) mass is 192 g/mol. The van der Waals surface area contributed by atoms with Crippen molar-refractivity contribution in [3.63, 3.8) is 0 Å². The van der Waals surface area contributed by atoms with E-state index < -0.39 is 0 Å². The molecule has 3 heteroatoms. The van der Waals surface area contributed by atoms with Gasteiger partial charge in [-0.3, -0.25) is 0 Å². The molecule has 0 N–H and O–H groups in total. The van der Waals surface area contributed by atoms with Gasteiger partial charge in [-0.2, -0.15) is 0 Å². The summed E-state index contributed by atoms with van der Waals surface area (Å²) in [7, 11) is 0. The molecule has 1 aromatic rings. The molecule has 1 heterocycles. The Balaban J connectivity index is 2.86. The van der Waals surface area contributed by atoms with Crippen LogP contribution in [-0.2, 0) is 0 Å². The van der Waals surface area contributed by atoms with Gasteiger partial charge < -0.3 is 0 Å². The van der Waals surface area contributed by atoms with Crippen LogP contribution in [0.1, 0.15) is 19.4 Å². The zero-order chi connectivity index (χ0) is 9.68. The van der Waals surface area contributed by atoms with Gasteiger partial charge in [0.25, 0.3) is 0 Å². The molecule has 0 unspecified atom stereocenters. The molecule has 1 rings (SSSR count). The van der Waals surface area contributed by atoms with E-state index in [0.29, 0.717) is 0 Å². The second-order valence-corrected chi connectivity index (χ2v) is 3.49. The van der Waals surface area contributed by atoms with Gasteiger partial charge >= 0.3 is 0 Å². The van der Waals surface area contributed by atoms with Gasteiger partial charge in [-0.05, 0) is 24.3 Å². The van der Waals surface area contributed by atoms with E-state index in [1.54, 1.807) is 12.4 Å². The average Bonchev–Trinajstić information content (AvgIpc) is 2.15. The van der Waals surface area contributed by atoms with Crippen molar-refractivity contribution in [2.24, 2.45) is 0 Å². The molecule has 13 heavy (non-hydrogen) atoms. The van der Waals surface area contributed by atoms with Gasteiger partial charge in [0.05, 0.1) is 0 Å². The third kappa shape index (κ3) is 3.42.